The highest BCUT2D eigenvalue weighted by Gasteiger charge is 2.06. The van der Waals surface area contributed by atoms with Crippen LogP contribution >= 0.6 is 0 Å². The lowest BCUT2D eigenvalue weighted by atomic mass is 10.1. The van der Waals surface area contributed by atoms with E-state index in [0.29, 0.717) is 30.9 Å². The first-order chi connectivity index (χ1) is 8.00. The smallest absolute Gasteiger partial charge is 0.162 e. The zero-order chi connectivity index (χ0) is 12.8. The first-order valence-corrected chi connectivity index (χ1v) is 5.82. The van der Waals surface area contributed by atoms with Gasteiger partial charge in [-0.1, -0.05) is 13.8 Å². The molecule has 1 atom stereocenters. The molecule has 1 unspecified atom stereocenters. The quantitative estimate of drug-likeness (QED) is 0.775. The highest BCUT2D eigenvalue weighted by molar-refractivity contribution is 5.23. The van der Waals surface area contributed by atoms with E-state index in [1.54, 1.807) is 0 Å². The number of hydrogen-bond donors (Lipinski definition) is 1. The third-order valence-corrected chi connectivity index (χ3v) is 2.73. The molecule has 0 aliphatic rings. The van der Waals surface area contributed by atoms with Crippen LogP contribution in [-0.4, -0.2) is 19.2 Å². The summed E-state index contributed by atoms with van der Waals surface area (Å²) in [7, 11) is 0. The summed E-state index contributed by atoms with van der Waals surface area (Å²) in [5.41, 5.74) is 0. The van der Waals surface area contributed by atoms with E-state index in [2.05, 4.69) is 26.1 Å². The molecule has 1 N–H and O–H groups in total. The molecule has 1 aromatic rings. The van der Waals surface area contributed by atoms with Crippen molar-refractivity contribution in [2.45, 2.75) is 26.8 Å². The fraction of sp³-hybridized carbons (Fsp3) is 0.538. The lowest BCUT2D eigenvalue weighted by Crippen LogP contribution is -2.33. The Balaban J connectivity index is 2.29. The second-order valence-corrected chi connectivity index (χ2v) is 4.41. The van der Waals surface area contributed by atoms with Gasteiger partial charge in [0.1, 0.15) is 12.4 Å². The van der Waals surface area contributed by atoms with Crippen LogP contribution in [-0.2, 0) is 0 Å². The third-order valence-electron chi connectivity index (χ3n) is 2.73. The average molecular weight is 243 g/mol. The molecule has 0 amide bonds. The summed E-state index contributed by atoms with van der Waals surface area (Å²) in [6.45, 7) is 7.48. The number of hydrogen-bond acceptors (Lipinski definition) is 2. The Morgan fingerprint density at radius 3 is 2.47 bits per heavy atom. The number of benzene rings is 1. The van der Waals surface area contributed by atoms with Crippen molar-refractivity contribution in [2.24, 2.45) is 5.92 Å². The van der Waals surface area contributed by atoms with Crippen LogP contribution in [0.3, 0.4) is 0 Å². The van der Waals surface area contributed by atoms with Crippen LogP contribution in [0, 0.1) is 17.6 Å². The van der Waals surface area contributed by atoms with E-state index in [-0.39, 0.29) is 0 Å². The molecule has 0 radical (unpaired) electrons. The zero-order valence-corrected chi connectivity index (χ0v) is 10.5. The van der Waals surface area contributed by atoms with Gasteiger partial charge in [-0.05, 0) is 25.0 Å². The van der Waals surface area contributed by atoms with Gasteiger partial charge in [0.25, 0.3) is 0 Å². The van der Waals surface area contributed by atoms with E-state index in [9.17, 15) is 8.78 Å². The topological polar surface area (TPSA) is 21.3 Å². The van der Waals surface area contributed by atoms with Crippen LogP contribution < -0.4 is 10.1 Å². The van der Waals surface area contributed by atoms with Crippen molar-refractivity contribution in [3.05, 3.63) is 29.8 Å². The molecular formula is C13H19F2NO. The van der Waals surface area contributed by atoms with Crippen molar-refractivity contribution in [2.75, 3.05) is 13.2 Å². The van der Waals surface area contributed by atoms with Gasteiger partial charge < -0.3 is 10.1 Å². The first-order valence-electron chi connectivity index (χ1n) is 5.82. The summed E-state index contributed by atoms with van der Waals surface area (Å²) in [6.07, 6.45) is 0. The maximum absolute atomic E-state index is 12.9. The van der Waals surface area contributed by atoms with Gasteiger partial charge >= 0.3 is 0 Å². The first kappa shape index (κ1) is 13.9. The van der Waals surface area contributed by atoms with Gasteiger partial charge in [-0.2, -0.15) is 0 Å². The number of nitrogens with one attached hydrogen (secondary N) is 1. The standard InChI is InChI=1S/C13H19F2NO/c1-9(2)10(3)16-6-7-17-11-4-5-12(14)13(15)8-11/h4-5,8-10,16H,6-7H2,1-3H3. The Hall–Kier alpha value is -1.16. The third kappa shape index (κ3) is 4.69. The van der Waals surface area contributed by atoms with E-state index in [1.807, 2.05) is 0 Å². The molecule has 0 aromatic heterocycles. The van der Waals surface area contributed by atoms with Crippen LogP contribution in [0.4, 0.5) is 8.78 Å². The van der Waals surface area contributed by atoms with Crippen molar-refractivity contribution in [3.8, 4) is 5.75 Å². The molecule has 17 heavy (non-hydrogen) atoms. The minimum Gasteiger partial charge on any atom is -0.492 e. The van der Waals surface area contributed by atoms with Crippen LogP contribution in [0.2, 0.25) is 0 Å². The Bertz CT molecular complexity index is 355. The molecule has 0 aliphatic carbocycles. The second-order valence-electron chi connectivity index (χ2n) is 4.41. The van der Waals surface area contributed by atoms with Gasteiger partial charge in [0.2, 0.25) is 0 Å². The van der Waals surface area contributed by atoms with Crippen LogP contribution in [0.1, 0.15) is 20.8 Å². The van der Waals surface area contributed by atoms with Gasteiger partial charge in [-0.25, -0.2) is 8.78 Å². The predicted molar refractivity (Wildman–Crippen MR) is 64.2 cm³/mol. The molecule has 0 bridgehead atoms. The molecule has 4 heteroatoms. The van der Waals surface area contributed by atoms with Gasteiger partial charge in [0, 0.05) is 18.7 Å². The highest BCUT2D eigenvalue weighted by atomic mass is 19.2. The fourth-order valence-corrected chi connectivity index (χ4v) is 1.26. The minimum atomic E-state index is -0.883. The molecular weight excluding hydrogens is 224 g/mol. The van der Waals surface area contributed by atoms with Gasteiger partial charge in [0.15, 0.2) is 11.6 Å². The Labute approximate surface area is 101 Å². The van der Waals surface area contributed by atoms with Crippen molar-refractivity contribution in [1.29, 1.82) is 0 Å². The van der Waals surface area contributed by atoms with Crippen molar-refractivity contribution in [3.63, 3.8) is 0 Å². The zero-order valence-electron chi connectivity index (χ0n) is 10.5. The molecule has 0 saturated carbocycles. The SMILES string of the molecule is CC(C)C(C)NCCOc1ccc(F)c(F)c1. The Morgan fingerprint density at radius 2 is 1.88 bits per heavy atom. The highest BCUT2D eigenvalue weighted by Crippen LogP contribution is 2.15. The number of rotatable bonds is 6. The maximum atomic E-state index is 12.9. The van der Waals surface area contributed by atoms with E-state index in [0.717, 1.165) is 12.1 Å². The Kier molecular flexibility index (Phi) is 5.35. The van der Waals surface area contributed by atoms with E-state index < -0.39 is 11.6 Å². The van der Waals surface area contributed by atoms with Gasteiger partial charge in [0.05, 0.1) is 0 Å². The van der Waals surface area contributed by atoms with Crippen LogP contribution in [0.15, 0.2) is 18.2 Å². The molecule has 0 aliphatic heterocycles. The lowest BCUT2D eigenvalue weighted by molar-refractivity contribution is 0.295. The predicted octanol–water partition coefficient (Wildman–Crippen LogP) is 2.98. The van der Waals surface area contributed by atoms with Crippen molar-refractivity contribution >= 4 is 0 Å². The van der Waals surface area contributed by atoms with E-state index in [4.69, 9.17) is 4.74 Å². The Morgan fingerprint density at radius 1 is 1.18 bits per heavy atom. The average Bonchev–Trinajstić information content (AvgIpc) is 2.28. The summed E-state index contributed by atoms with van der Waals surface area (Å²) >= 11 is 0. The summed E-state index contributed by atoms with van der Waals surface area (Å²) in [5, 5.41) is 3.29. The molecule has 0 spiro atoms. The van der Waals surface area contributed by atoms with E-state index in [1.165, 1.54) is 6.07 Å². The molecule has 0 saturated heterocycles. The van der Waals surface area contributed by atoms with Gasteiger partial charge in [-0.3, -0.25) is 0 Å². The maximum Gasteiger partial charge on any atom is 0.162 e. The molecule has 2 nitrogen and oxygen atoms in total. The molecule has 0 fully saturated rings. The van der Waals surface area contributed by atoms with Crippen molar-refractivity contribution < 1.29 is 13.5 Å². The second kappa shape index (κ2) is 6.55. The number of halogens is 2. The monoisotopic (exact) mass is 243 g/mol. The lowest BCUT2D eigenvalue weighted by Gasteiger charge is -2.17. The minimum absolute atomic E-state index is 0.350. The normalized spacial score (nSPS) is 12.8. The van der Waals surface area contributed by atoms with Crippen molar-refractivity contribution in [1.82, 2.24) is 5.32 Å². The molecule has 1 rings (SSSR count). The van der Waals surface area contributed by atoms with Crippen LogP contribution in [0.5, 0.6) is 5.75 Å². The summed E-state index contributed by atoms with van der Waals surface area (Å²) in [5.74, 6) is -0.837. The molecule has 96 valence electrons. The molecule has 0 heterocycles. The van der Waals surface area contributed by atoms with Gasteiger partial charge in [-0.15, -0.1) is 0 Å². The largest absolute Gasteiger partial charge is 0.492 e. The van der Waals surface area contributed by atoms with Crippen LogP contribution in [0.25, 0.3) is 0 Å². The van der Waals surface area contributed by atoms with E-state index >= 15 is 0 Å². The summed E-state index contributed by atoms with van der Waals surface area (Å²) in [4.78, 5) is 0. The summed E-state index contributed by atoms with van der Waals surface area (Å²) in [6, 6.07) is 3.95. The fourth-order valence-electron chi connectivity index (χ4n) is 1.26. The number of ether oxygens (including phenoxy) is 1. The molecule has 1 aromatic carbocycles. The summed E-state index contributed by atoms with van der Waals surface area (Å²) < 4.78 is 30.8.